The Morgan fingerprint density at radius 2 is 1.71 bits per heavy atom. The molecule has 0 fully saturated rings. The molecule has 190 valence electrons. The van der Waals surface area contributed by atoms with Gasteiger partial charge in [0.2, 0.25) is 0 Å². The number of carbonyl (C=O) groups is 2. The van der Waals surface area contributed by atoms with Gasteiger partial charge < -0.3 is 15.4 Å². The smallest absolute Gasteiger partial charge is 0.335 e. The van der Waals surface area contributed by atoms with Crippen LogP contribution in [0.3, 0.4) is 0 Å². The second-order valence-electron chi connectivity index (χ2n) is 8.79. The predicted octanol–water partition coefficient (Wildman–Crippen LogP) is 7.97. The first-order valence-electron chi connectivity index (χ1n) is 11.8. The zero-order chi connectivity index (χ0) is 26.8. The lowest BCUT2D eigenvalue weighted by molar-refractivity contribution is 0.0696. The Morgan fingerprint density at radius 3 is 2.39 bits per heavy atom. The van der Waals surface area contributed by atoms with E-state index in [-0.39, 0.29) is 23.3 Å². The molecule has 0 bridgehead atoms. The largest absolute Gasteiger partial charge is 0.478 e. The molecular weight excluding hydrogens is 523 g/mol. The summed E-state index contributed by atoms with van der Waals surface area (Å²) in [6.45, 7) is 1.84. The summed E-state index contributed by atoms with van der Waals surface area (Å²) in [6, 6.07) is 23.4. The monoisotopic (exact) mass is 544 g/mol. The van der Waals surface area contributed by atoms with E-state index in [1.54, 1.807) is 36.4 Å². The minimum atomic E-state index is -1.01. The van der Waals surface area contributed by atoms with Crippen molar-refractivity contribution in [1.82, 2.24) is 10.3 Å². The van der Waals surface area contributed by atoms with Crippen LogP contribution in [-0.2, 0) is 0 Å². The number of halogens is 2. The fourth-order valence-corrected chi connectivity index (χ4v) is 5.52. The van der Waals surface area contributed by atoms with Crippen molar-refractivity contribution in [2.24, 2.45) is 0 Å². The number of rotatable bonds is 7. The Morgan fingerprint density at radius 1 is 0.974 bits per heavy atom. The molecule has 0 saturated carbocycles. The fourth-order valence-electron chi connectivity index (χ4n) is 4.23. The van der Waals surface area contributed by atoms with Crippen molar-refractivity contribution in [2.45, 2.75) is 22.8 Å². The molecule has 1 atom stereocenters. The van der Waals surface area contributed by atoms with Crippen molar-refractivity contribution < 1.29 is 19.1 Å². The third-order valence-corrected chi connectivity index (χ3v) is 7.46. The molecule has 8 heteroatoms. The normalized spacial score (nSPS) is 11.9. The molecule has 5 rings (SSSR count). The summed E-state index contributed by atoms with van der Waals surface area (Å²) in [7, 11) is 0. The highest BCUT2D eigenvalue weighted by Gasteiger charge is 2.20. The van der Waals surface area contributed by atoms with E-state index in [0.29, 0.717) is 10.6 Å². The Kier molecular flexibility index (Phi) is 7.22. The van der Waals surface area contributed by atoms with Crippen LogP contribution in [0.5, 0.6) is 0 Å². The van der Waals surface area contributed by atoms with Crippen LogP contribution in [-0.4, -0.2) is 22.0 Å². The summed E-state index contributed by atoms with van der Waals surface area (Å²) >= 11 is 7.67. The van der Waals surface area contributed by atoms with Gasteiger partial charge in [0.1, 0.15) is 5.82 Å². The molecule has 5 aromatic rings. The second-order valence-corrected chi connectivity index (χ2v) is 10.3. The Balaban J connectivity index is 1.55. The van der Waals surface area contributed by atoms with Crippen LogP contribution in [0.15, 0.2) is 101 Å². The molecule has 0 aliphatic carbocycles. The molecule has 0 aliphatic rings. The first kappa shape index (κ1) is 25.6. The van der Waals surface area contributed by atoms with Gasteiger partial charge in [0.05, 0.1) is 17.2 Å². The van der Waals surface area contributed by atoms with Crippen LogP contribution in [0, 0.1) is 5.82 Å². The lowest BCUT2D eigenvalue weighted by Gasteiger charge is -2.16. The van der Waals surface area contributed by atoms with E-state index >= 15 is 0 Å². The Hall–Kier alpha value is -4.07. The van der Waals surface area contributed by atoms with Crippen molar-refractivity contribution in [3.8, 4) is 11.1 Å². The molecule has 0 saturated heterocycles. The minimum absolute atomic E-state index is 0.177. The number of nitrogens with one attached hydrogen (secondary N) is 2. The van der Waals surface area contributed by atoms with E-state index in [2.05, 4.69) is 10.3 Å². The van der Waals surface area contributed by atoms with Crippen LogP contribution in [0.25, 0.3) is 22.0 Å². The zero-order valence-electron chi connectivity index (χ0n) is 20.2. The number of aromatic nitrogens is 1. The second kappa shape index (κ2) is 10.7. The van der Waals surface area contributed by atoms with E-state index in [1.807, 2.05) is 37.4 Å². The molecule has 4 aromatic carbocycles. The van der Waals surface area contributed by atoms with Gasteiger partial charge in [-0.3, -0.25) is 4.79 Å². The highest BCUT2D eigenvalue weighted by molar-refractivity contribution is 7.99. The number of amides is 1. The minimum Gasteiger partial charge on any atom is -0.478 e. The van der Waals surface area contributed by atoms with Gasteiger partial charge in [-0.25, -0.2) is 9.18 Å². The maximum atomic E-state index is 13.7. The van der Waals surface area contributed by atoms with Gasteiger partial charge in [-0.15, -0.1) is 0 Å². The van der Waals surface area contributed by atoms with Crippen LogP contribution in [0.1, 0.15) is 39.2 Å². The number of H-pyrrole nitrogens is 1. The quantitative estimate of drug-likeness (QED) is 0.194. The molecule has 0 spiro atoms. The van der Waals surface area contributed by atoms with E-state index in [1.165, 1.54) is 36.0 Å². The summed E-state index contributed by atoms with van der Waals surface area (Å²) in [5.41, 5.74) is 3.72. The molecule has 1 aromatic heterocycles. The summed E-state index contributed by atoms with van der Waals surface area (Å²) in [5.74, 6) is -1.64. The summed E-state index contributed by atoms with van der Waals surface area (Å²) in [6.07, 6.45) is 1.86. The van der Waals surface area contributed by atoms with Crippen molar-refractivity contribution in [1.29, 1.82) is 0 Å². The third-order valence-electron chi connectivity index (χ3n) is 6.19. The van der Waals surface area contributed by atoms with E-state index in [9.17, 15) is 14.0 Å². The molecule has 1 amide bonds. The van der Waals surface area contributed by atoms with Crippen LogP contribution >= 0.6 is 23.4 Å². The van der Waals surface area contributed by atoms with E-state index in [0.717, 1.165) is 37.4 Å². The van der Waals surface area contributed by atoms with E-state index < -0.39 is 5.97 Å². The number of benzene rings is 4. The standard InChI is InChI=1S/C30H22ClFN2O3S/c1-17(18-5-7-20(8-6-18)30(36)37)34-29(35)25-13-21(19-9-11-23(32)12-10-19)14-26-28(25)27(16-33-26)38-24-4-2-3-22(31)15-24/h2-17,33H,1H3,(H,34,35)(H,36,37)/t17-/m0/s1. The van der Waals surface area contributed by atoms with Gasteiger partial charge in [-0.2, -0.15) is 0 Å². The van der Waals surface area contributed by atoms with Gasteiger partial charge in [-0.1, -0.05) is 53.7 Å². The van der Waals surface area contributed by atoms with Gasteiger partial charge >= 0.3 is 5.97 Å². The van der Waals surface area contributed by atoms with Crippen molar-refractivity contribution in [3.63, 3.8) is 0 Å². The van der Waals surface area contributed by atoms with Crippen LogP contribution in [0.4, 0.5) is 4.39 Å². The number of fused-ring (bicyclic) bond motifs is 1. The van der Waals surface area contributed by atoms with Crippen LogP contribution < -0.4 is 5.32 Å². The number of hydrogen-bond donors (Lipinski definition) is 3. The fraction of sp³-hybridized carbons (Fsp3) is 0.0667. The summed E-state index contributed by atoms with van der Waals surface area (Å²) in [5, 5.41) is 13.6. The van der Waals surface area contributed by atoms with Gasteiger partial charge in [0.15, 0.2) is 0 Å². The topological polar surface area (TPSA) is 82.2 Å². The Bertz CT molecular complexity index is 1650. The number of carboxylic acid groups (broad SMARTS) is 1. The lowest BCUT2D eigenvalue weighted by atomic mass is 9.99. The molecule has 5 nitrogen and oxygen atoms in total. The first-order chi connectivity index (χ1) is 18.3. The molecule has 0 radical (unpaired) electrons. The average Bonchev–Trinajstić information content (AvgIpc) is 3.31. The lowest BCUT2D eigenvalue weighted by Crippen LogP contribution is -2.27. The van der Waals surface area contributed by atoms with Crippen molar-refractivity contribution in [3.05, 3.63) is 119 Å². The maximum absolute atomic E-state index is 13.7. The van der Waals surface area contributed by atoms with Gasteiger partial charge in [0.25, 0.3) is 5.91 Å². The summed E-state index contributed by atoms with van der Waals surface area (Å²) in [4.78, 5) is 30.0. The number of aromatic amines is 1. The van der Waals surface area contributed by atoms with E-state index in [4.69, 9.17) is 16.7 Å². The van der Waals surface area contributed by atoms with Crippen molar-refractivity contribution in [2.75, 3.05) is 0 Å². The van der Waals surface area contributed by atoms with Crippen molar-refractivity contribution >= 4 is 46.1 Å². The highest BCUT2D eigenvalue weighted by atomic mass is 35.5. The van der Waals surface area contributed by atoms with Gasteiger partial charge in [-0.05, 0) is 78.2 Å². The maximum Gasteiger partial charge on any atom is 0.335 e. The predicted molar refractivity (Wildman–Crippen MR) is 149 cm³/mol. The van der Waals surface area contributed by atoms with Crippen LogP contribution in [0.2, 0.25) is 5.02 Å². The number of carbonyl (C=O) groups excluding carboxylic acids is 1. The Labute approximate surface area is 227 Å². The number of carboxylic acids is 1. The molecule has 38 heavy (non-hydrogen) atoms. The molecule has 1 heterocycles. The molecule has 0 aliphatic heterocycles. The zero-order valence-corrected chi connectivity index (χ0v) is 21.7. The molecule has 3 N–H and O–H groups in total. The third kappa shape index (κ3) is 5.44. The SMILES string of the molecule is C[C@H](NC(=O)c1cc(-c2ccc(F)cc2)cc2[nH]cc(Sc3cccc(Cl)c3)c12)c1ccc(C(=O)O)cc1. The first-order valence-corrected chi connectivity index (χ1v) is 13.0. The average molecular weight is 545 g/mol. The molecule has 0 unspecified atom stereocenters. The van der Waals surface area contributed by atoms with Gasteiger partial charge in [0, 0.05) is 31.9 Å². The molecular formula is C30H22ClFN2O3S. The number of aromatic carboxylic acids is 1. The number of hydrogen-bond acceptors (Lipinski definition) is 3. The summed E-state index contributed by atoms with van der Waals surface area (Å²) < 4.78 is 13.6. The highest BCUT2D eigenvalue weighted by Crippen LogP contribution is 2.38.